The Hall–Kier alpha value is -0.790. The average molecular weight is 140 g/mol. The van der Waals surface area contributed by atoms with Crippen molar-refractivity contribution in [3.8, 4) is 0 Å². The van der Waals surface area contributed by atoms with E-state index in [4.69, 9.17) is 4.74 Å². The first kappa shape index (κ1) is 7.32. The first-order valence-corrected chi connectivity index (χ1v) is 3.54. The summed E-state index contributed by atoms with van der Waals surface area (Å²) in [6, 6.07) is 0. The van der Waals surface area contributed by atoms with Crippen LogP contribution in [-0.4, -0.2) is 12.1 Å². The van der Waals surface area contributed by atoms with E-state index in [0.717, 1.165) is 6.42 Å². The van der Waals surface area contributed by atoms with Crippen LogP contribution >= 0.6 is 0 Å². The second-order valence-corrected chi connectivity index (χ2v) is 2.75. The van der Waals surface area contributed by atoms with Crippen molar-refractivity contribution < 1.29 is 9.53 Å². The van der Waals surface area contributed by atoms with Gasteiger partial charge in [0.2, 0.25) is 0 Å². The lowest BCUT2D eigenvalue weighted by molar-refractivity contribution is -0.144. The van der Waals surface area contributed by atoms with E-state index >= 15 is 0 Å². The van der Waals surface area contributed by atoms with Gasteiger partial charge >= 0.3 is 5.97 Å². The summed E-state index contributed by atoms with van der Waals surface area (Å²) in [5.74, 6) is 0.369. The molecule has 1 rings (SSSR count). The van der Waals surface area contributed by atoms with Crippen molar-refractivity contribution in [1.82, 2.24) is 0 Å². The summed E-state index contributed by atoms with van der Waals surface area (Å²) < 4.78 is 4.96. The highest BCUT2D eigenvalue weighted by Crippen LogP contribution is 2.19. The quantitative estimate of drug-likeness (QED) is 0.407. The Labute approximate surface area is 60.9 Å². The first-order valence-electron chi connectivity index (χ1n) is 3.54. The summed E-state index contributed by atoms with van der Waals surface area (Å²) in [6.07, 6.45) is 5.01. The third kappa shape index (κ3) is 1.87. The van der Waals surface area contributed by atoms with Gasteiger partial charge in [-0.3, -0.25) is 4.79 Å². The van der Waals surface area contributed by atoms with E-state index < -0.39 is 0 Å². The summed E-state index contributed by atoms with van der Waals surface area (Å²) in [5, 5.41) is 0. The molecule has 2 atom stereocenters. The van der Waals surface area contributed by atoms with E-state index in [2.05, 4.69) is 13.0 Å². The SMILES string of the molecule is CC(=O)O[C@@H]1C=C[C@H](C)C1. The Bertz CT molecular complexity index is 161. The van der Waals surface area contributed by atoms with Crippen LogP contribution in [0.5, 0.6) is 0 Å². The molecule has 0 spiro atoms. The highest BCUT2D eigenvalue weighted by molar-refractivity contribution is 5.66. The lowest BCUT2D eigenvalue weighted by Crippen LogP contribution is -2.11. The summed E-state index contributed by atoms with van der Waals surface area (Å²) in [7, 11) is 0. The van der Waals surface area contributed by atoms with Gasteiger partial charge in [-0.05, 0) is 18.4 Å². The monoisotopic (exact) mass is 140 g/mol. The van der Waals surface area contributed by atoms with Gasteiger partial charge in [-0.25, -0.2) is 0 Å². The lowest BCUT2D eigenvalue weighted by Gasteiger charge is -2.08. The fourth-order valence-electron chi connectivity index (χ4n) is 1.14. The zero-order chi connectivity index (χ0) is 7.56. The molecule has 0 unspecified atom stereocenters. The molecule has 0 heterocycles. The van der Waals surface area contributed by atoms with Crippen LogP contribution < -0.4 is 0 Å². The number of allylic oxidation sites excluding steroid dienone is 1. The molecule has 10 heavy (non-hydrogen) atoms. The van der Waals surface area contributed by atoms with Crippen LogP contribution in [0.3, 0.4) is 0 Å². The number of hydrogen-bond donors (Lipinski definition) is 0. The molecule has 1 aliphatic rings. The van der Waals surface area contributed by atoms with Gasteiger partial charge in [0.05, 0.1) is 0 Å². The topological polar surface area (TPSA) is 26.3 Å². The van der Waals surface area contributed by atoms with Gasteiger partial charge < -0.3 is 4.74 Å². The van der Waals surface area contributed by atoms with Gasteiger partial charge in [-0.1, -0.05) is 13.0 Å². The average Bonchev–Trinajstić information content (AvgIpc) is 2.13. The Kier molecular flexibility index (Phi) is 2.10. The highest BCUT2D eigenvalue weighted by atomic mass is 16.5. The largest absolute Gasteiger partial charge is 0.458 e. The smallest absolute Gasteiger partial charge is 0.303 e. The van der Waals surface area contributed by atoms with Crippen molar-refractivity contribution in [2.24, 2.45) is 5.92 Å². The molecule has 2 heteroatoms. The van der Waals surface area contributed by atoms with Crippen molar-refractivity contribution in [3.63, 3.8) is 0 Å². The molecule has 1 aliphatic carbocycles. The van der Waals surface area contributed by atoms with Crippen LogP contribution in [0.25, 0.3) is 0 Å². The van der Waals surface area contributed by atoms with Crippen LogP contribution in [0, 0.1) is 5.92 Å². The molecule has 0 saturated carbocycles. The normalized spacial score (nSPS) is 30.6. The van der Waals surface area contributed by atoms with Crippen LogP contribution in [0.2, 0.25) is 0 Å². The minimum atomic E-state index is -0.191. The molecule has 0 N–H and O–H groups in total. The fourth-order valence-corrected chi connectivity index (χ4v) is 1.14. The molecular formula is C8H12O2. The Morgan fingerprint density at radius 3 is 2.70 bits per heavy atom. The van der Waals surface area contributed by atoms with Crippen molar-refractivity contribution in [3.05, 3.63) is 12.2 Å². The van der Waals surface area contributed by atoms with Gasteiger partial charge in [0.15, 0.2) is 0 Å². The summed E-state index contributed by atoms with van der Waals surface area (Å²) in [5.41, 5.74) is 0. The predicted octanol–water partition coefficient (Wildman–Crippen LogP) is 1.51. The van der Waals surface area contributed by atoms with E-state index in [0.29, 0.717) is 5.92 Å². The third-order valence-electron chi connectivity index (χ3n) is 1.58. The minimum Gasteiger partial charge on any atom is -0.458 e. The summed E-state index contributed by atoms with van der Waals surface area (Å²) in [4.78, 5) is 10.5. The molecule has 56 valence electrons. The molecule has 0 fully saturated rings. The maximum Gasteiger partial charge on any atom is 0.303 e. The van der Waals surface area contributed by atoms with Crippen molar-refractivity contribution in [1.29, 1.82) is 0 Å². The maximum atomic E-state index is 10.5. The van der Waals surface area contributed by atoms with Crippen LogP contribution in [0.15, 0.2) is 12.2 Å². The minimum absolute atomic E-state index is 0.0347. The molecule has 0 bridgehead atoms. The molecule has 0 saturated heterocycles. The second-order valence-electron chi connectivity index (χ2n) is 2.75. The van der Waals surface area contributed by atoms with Crippen LogP contribution in [-0.2, 0) is 9.53 Å². The Balaban J connectivity index is 2.33. The molecule has 0 radical (unpaired) electrons. The number of rotatable bonds is 1. The third-order valence-corrected chi connectivity index (χ3v) is 1.58. The number of esters is 1. The van der Waals surface area contributed by atoms with Crippen LogP contribution in [0.4, 0.5) is 0 Å². The Morgan fingerprint density at radius 1 is 1.60 bits per heavy atom. The van der Waals surface area contributed by atoms with E-state index in [1.165, 1.54) is 6.92 Å². The molecule has 0 aliphatic heterocycles. The first-order chi connectivity index (χ1) is 4.68. The van der Waals surface area contributed by atoms with Gasteiger partial charge in [0, 0.05) is 6.92 Å². The molecule has 0 aromatic heterocycles. The summed E-state index contributed by atoms with van der Waals surface area (Å²) >= 11 is 0. The molecule has 0 amide bonds. The zero-order valence-corrected chi connectivity index (χ0v) is 6.33. The number of carbonyl (C=O) groups is 1. The van der Waals surface area contributed by atoms with Crippen LogP contribution in [0.1, 0.15) is 20.3 Å². The Morgan fingerprint density at radius 2 is 2.30 bits per heavy atom. The predicted molar refractivity (Wildman–Crippen MR) is 38.5 cm³/mol. The summed E-state index contributed by atoms with van der Waals surface area (Å²) in [6.45, 7) is 3.55. The number of hydrogen-bond acceptors (Lipinski definition) is 2. The van der Waals surface area contributed by atoms with Gasteiger partial charge in [0.25, 0.3) is 0 Å². The highest BCUT2D eigenvalue weighted by Gasteiger charge is 2.16. The van der Waals surface area contributed by atoms with Crippen molar-refractivity contribution >= 4 is 5.97 Å². The van der Waals surface area contributed by atoms with E-state index in [1.54, 1.807) is 0 Å². The molecular weight excluding hydrogens is 128 g/mol. The number of carbonyl (C=O) groups excluding carboxylic acids is 1. The second kappa shape index (κ2) is 2.86. The van der Waals surface area contributed by atoms with Gasteiger partial charge in [0.1, 0.15) is 6.10 Å². The maximum absolute atomic E-state index is 10.5. The van der Waals surface area contributed by atoms with Crippen molar-refractivity contribution in [2.75, 3.05) is 0 Å². The zero-order valence-electron chi connectivity index (χ0n) is 6.33. The lowest BCUT2D eigenvalue weighted by atomic mass is 10.1. The van der Waals surface area contributed by atoms with Gasteiger partial charge in [-0.15, -0.1) is 0 Å². The molecule has 0 aromatic carbocycles. The number of ether oxygens (including phenoxy) is 1. The van der Waals surface area contributed by atoms with E-state index in [9.17, 15) is 4.79 Å². The van der Waals surface area contributed by atoms with E-state index in [-0.39, 0.29) is 12.1 Å². The standard InChI is InChI=1S/C8H12O2/c1-6-3-4-8(5-6)10-7(2)9/h3-4,6,8H,5H2,1-2H3/t6-,8+/m0/s1. The van der Waals surface area contributed by atoms with E-state index in [1.807, 2.05) is 6.08 Å². The molecule has 2 nitrogen and oxygen atoms in total. The van der Waals surface area contributed by atoms with Crippen molar-refractivity contribution in [2.45, 2.75) is 26.4 Å². The van der Waals surface area contributed by atoms with Gasteiger partial charge in [-0.2, -0.15) is 0 Å². The fraction of sp³-hybridized carbons (Fsp3) is 0.625. The molecule has 0 aromatic rings.